The largest absolute Gasteiger partial charge is 0.396 e. The first kappa shape index (κ1) is 19.2. The van der Waals surface area contributed by atoms with Gasteiger partial charge in [-0.15, -0.1) is 0 Å². The van der Waals surface area contributed by atoms with E-state index in [0.717, 1.165) is 12.8 Å². The van der Waals surface area contributed by atoms with Gasteiger partial charge in [0, 0.05) is 18.7 Å². The van der Waals surface area contributed by atoms with Crippen LogP contribution in [0.2, 0.25) is 0 Å². The van der Waals surface area contributed by atoms with Crippen LogP contribution in [0.1, 0.15) is 61.3 Å². The molecule has 0 amide bonds. The van der Waals surface area contributed by atoms with Gasteiger partial charge >= 0.3 is 0 Å². The van der Waals surface area contributed by atoms with Gasteiger partial charge in [0.1, 0.15) is 0 Å². The lowest BCUT2D eigenvalue weighted by Crippen LogP contribution is -2.29. The summed E-state index contributed by atoms with van der Waals surface area (Å²) in [6.07, 6.45) is 5.53. The van der Waals surface area contributed by atoms with Crippen LogP contribution < -0.4 is 5.32 Å². The molecule has 0 heterocycles. The molecular weight excluding hydrogens is 342 g/mol. The summed E-state index contributed by atoms with van der Waals surface area (Å²) in [5, 5.41) is 15.6. The van der Waals surface area contributed by atoms with Gasteiger partial charge < -0.3 is 10.4 Å². The van der Waals surface area contributed by atoms with E-state index in [-0.39, 0.29) is 6.61 Å². The predicted molar refractivity (Wildman–Crippen MR) is 118 cm³/mol. The van der Waals surface area contributed by atoms with Crippen molar-refractivity contribution in [3.8, 4) is 0 Å². The van der Waals surface area contributed by atoms with Gasteiger partial charge in [0.25, 0.3) is 0 Å². The second-order valence-electron chi connectivity index (χ2n) is 8.23. The third kappa shape index (κ3) is 4.29. The highest BCUT2D eigenvalue weighted by Crippen LogP contribution is 2.36. The number of aliphatic hydroxyl groups excluding tert-OH is 1. The quantitative estimate of drug-likeness (QED) is 0.552. The van der Waals surface area contributed by atoms with E-state index in [9.17, 15) is 0 Å². The van der Waals surface area contributed by atoms with Crippen molar-refractivity contribution >= 4 is 10.8 Å². The van der Waals surface area contributed by atoms with Gasteiger partial charge in [-0.1, -0.05) is 66.7 Å². The van der Waals surface area contributed by atoms with Crippen LogP contribution in [0.15, 0.2) is 66.7 Å². The van der Waals surface area contributed by atoms with E-state index in [1.54, 1.807) is 0 Å². The van der Waals surface area contributed by atoms with Gasteiger partial charge in [-0.25, -0.2) is 0 Å². The topological polar surface area (TPSA) is 32.3 Å². The summed E-state index contributed by atoms with van der Waals surface area (Å²) in [7, 11) is 0. The molecule has 2 heteroatoms. The zero-order valence-corrected chi connectivity index (χ0v) is 16.8. The standard InChI is InChI=1S/C26H31NO/c1-19(25-10-4-8-22-7-2-3-9-26(22)25)27-24-16-15-23(18-24)21-13-11-20(12-14-21)6-5-17-28/h2-4,7-14,19,23-24,27-28H,5-6,15-18H2,1H3/t19-,23+,24+/m1/s1. The molecule has 2 N–H and O–H groups in total. The van der Waals surface area contributed by atoms with Crippen molar-refractivity contribution in [1.29, 1.82) is 0 Å². The number of rotatable bonds is 7. The van der Waals surface area contributed by atoms with Crippen molar-refractivity contribution in [2.45, 2.75) is 57.0 Å². The van der Waals surface area contributed by atoms with Crippen LogP contribution >= 0.6 is 0 Å². The highest BCUT2D eigenvalue weighted by atomic mass is 16.2. The number of aryl methyl sites for hydroxylation is 1. The van der Waals surface area contributed by atoms with Gasteiger partial charge in [-0.3, -0.25) is 0 Å². The SMILES string of the molecule is C[C@@H](N[C@H]1CC[C@H](c2ccc(CCCO)cc2)C1)c1cccc2ccccc12. The Morgan fingerprint density at radius 3 is 2.57 bits per heavy atom. The molecule has 0 radical (unpaired) electrons. The summed E-state index contributed by atoms with van der Waals surface area (Å²) in [6.45, 7) is 2.57. The molecule has 3 aromatic carbocycles. The second kappa shape index (κ2) is 8.89. The van der Waals surface area contributed by atoms with Gasteiger partial charge in [-0.2, -0.15) is 0 Å². The lowest BCUT2D eigenvalue weighted by Gasteiger charge is -2.21. The van der Waals surface area contributed by atoms with Crippen LogP contribution in [-0.4, -0.2) is 17.8 Å². The van der Waals surface area contributed by atoms with Crippen molar-refractivity contribution in [3.63, 3.8) is 0 Å². The average molecular weight is 374 g/mol. The number of benzene rings is 3. The molecule has 1 saturated carbocycles. The molecule has 3 atom stereocenters. The predicted octanol–water partition coefficient (Wildman–Crippen LogP) is 5.75. The minimum atomic E-state index is 0.270. The van der Waals surface area contributed by atoms with Crippen LogP contribution in [0.25, 0.3) is 10.8 Å². The van der Waals surface area contributed by atoms with Gasteiger partial charge in [0.05, 0.1) is 0 Å². The normalized spacial score (nSPS) is 20.5. The number of hydrogen-bond donors (Lipinski definition) is 2. The third-order valence-electron chi connectivity index (χ3n) is 6.28. The van der Waals surface area contributed by atoms with Crippen LogP contribution in [0, 0.1) is 0 Å². The van der Waals surface area contributed by atoms with E-state index in [2.05, 4.69) is 79.0 Å². The molecular formula is C26H31NO. The maximum Gasteiger partial charge on any atom is 0.0434 e. The molecule has 28 heavy (non-hydrogen) atoms. The second-order valence-corrected chi connectivity index (χ2v) is 8.23. The zero-order valence-electron chi connectivity index (χ0n) is 16.8. The Bertz CT molecular complexity index is 896. The summed E-state index contributed by atoms with van der Waals surface area (Å²) in [6, 6.07) is 25.3. The van der Waals surface area contributed by atoms with E-state index in [1.165, 1.54) is 46.7 Å². The fraction of sp³-hybridized carbons (Fsp3) is 0.385. The molecule has 4 rings (SSSR count). The molecule has 1 aliphatic carbocycles. The van der Waals surface area contributed by atoms with E-state index >= 15 is 0 Å². The first-order valence-electron chi connectivity index (χ1n) is 10.7. The highest BCUT2D eigenvalue weighted by molar-refractivity contribution is 5.86. The Hall–Kier alpha value is -2.16. The molecule has 3 aromatic rings. The summed E-state index contributed by atoms with van der Waals surface area (Å²) >= 11 is 0. The molecule has 0 bridgehead atoms. The zero-order chi connectivity index (χ0) is 19.3. The Balaban J connectivity index is 1.39. The molecule has 0 saturated heterocycles. The lowest BCUT2D eigenvalue weighted by molar-refractivity contribution is 0.288. The van der Waals surface area contributed by atoms with E-state index in [0.29, 0.717) is 18.0 Å². The maximum atomic E-state index is 8.99. The van der Waals surface area contributed by atoms with E-state index in [1.807, 2.05) is 0 Å². The Kier molecular flexibility index (Phi) is 6.09. The number of hydrogen-bond acceptors (Lipinski definition) is 2. The fourth-order valence-corrected chi connectivity index (χ4v) is 4.75. The molecule has 2 nitrogen and oxygen atoms in total. The van der Waals surface area contributed by atoms with E-state index in [4.69, 9.17) is 5.11 Å². The number of aliphatic hydroxyl groups is 1. The van der Waals surface area contributed by atoms with Crippen molar-refractivity contribution in [2.24, 2.45) is 0 Å². The summed E-state index contributed by atoms with van der Waals surface area (Å²) in [4.78, 5) is 0. The minimum absolute atomic E-state index is 0.270. The van der Waals surface area contributed by atoms with Crippen molar-refractivity contribution < 1.29 is 5.11 Å². The maximum absolute atomic E-state index is 8.99. The van der Waals surface area contributed by atoms with Crippen LogP contribution in [0.5, 0.6) is 0 Å². The van der Waals surface area contributed by atoms with Crippen LogP contribution in [-0.2, 0) is 6.42 Å². The highest BCUT2D eigenvalue weighted by Gasteiger charge is 2.27. The molecule has 1 fully saturated rings. The van der Waals surface area contributed by atoms with Crippen molar-refractivity contribution in [1.82, 2.24) is 5.32 Å². The molecule has 0 aliphatic heterocycles. The monoisotopic (exact) mass is 373 g/mol. The molecule has 1 aliphatic rings. The summed E-state index contributed by atoms with van der Waals surface area (Å²) in [5.74, 6) is 0.657. The molecule has 146 valence electrons. The molecule has 0 spiro atoms. The van der Waals surface area contributed by atoms with Crippen molar-refractivity contribution in [2.75, 3.05) is 6.61 Å². The Morgan fingerprint density at radius 2 is 1.75 bits per heavy atom. The smallest absolute Gasteiger partial charge is 0.0434 e. The number of fused-ring (bicyclic) bond motifs is 1. The lowest BCUT2D eigenvalue weighted by atomic mass is 9.95. The summed E-state index contributed by atoms with van der Waals surface area (Å²) < 4.78 is 0. The van der Waals surface area contributed by atoms with Gasteiger partial charge in [0.2, 0.25) is 0 Å². The number of nitrogens with one attached hydrogen (secondary N) is 1. The Labute approximate surface area is 168 Å². The van der Waals surface area contributed by atoms with Crippen LogP contribution in [0.4, 0.5) is 0 Å². The first-order chi connectivity index (χ1) is 13.7. The van der Waals surface area contributed by atoms with Gasteiger partial charge in [-0.05, 0) is 72.4 Å². The first-order valence-corrected chi connectivity index (χ1v) is 10.7. The average Bonchev–Trinajstić information content (AvgIpc) is 3.20. The third-order valence-corrected chi connectivity index (χ3v) is 6.28. The summed E-state index contributed by atoms with van der Waals surface area (Å²) in [5.41, 5.74) is 4.19. The molecule has 0 aromatic heterocycles. The minimum Gasteiger partial charge on any atom is -0.396 e. The Morgan fingerprint density at radius 1 is 0.964 bits per heavy atom. The molecule has 0 unspecified atom stereocenters. The van der Waals surface area contributed by atoms with Crippen molar-refractivity contribution in [3.05, 3.63) is 83.4 Å². The van der Waals surface area contributed by atoms with E-state index < -0.39 is 0 Å². The van der Waals surface area contributed by atoms with Crippen LogP contribution in [0.3, 0.4) is 0 Å². The van der Waals surface area contributed by atoms with Gasteiger partial charge in [0.15, 0.2) is 0 Å². The fourth-order valence-electron chi connectivity index (χ4n) is 4.75.